The topological polar surface area (TPSA) is 55.6 Å². The molecular formula is C16H12ClN5. The first kappa shape index (κ1) is 13.0. The molecule has 2 aromatic carbocycles. The van der Waals surface area contributed by atoms with Crippen LogP contribution in [0.3, 0.4) is 0 Å². The first-order valence-corrected chi connectivity index (χ1v) is 7.27. The van der Waals surface area contributed by atoms with E-state index < -0.39 is 0 Å². The van der Waals surface area contributed by atoms with Gasteiger partial charge < -0.3 is 5.32 Å². The van der Waals surface area contributed by atoms with Crippen molar-refractivity contribution in [2.24, 2.45) is 0 Å². The highest BCUT2D eigenvalue weighted by Crippen LogP contribution is 2.34. The van der Waals surface area contributed by atoms with Crippen LogP contribution in [0.15, 0.2) is 60.7 Å². The van der Waals surface area contributed by atoms with Crippen molar-refractivity contribution >= 4 is 23.2 Å². The quantitative estimate of drug-likeness (QED) is 0.788. The minimum Gasteiger partial charge on any atom is -0.323 e. The summed E-state index contributed by atoms with van der Waals surface area (Å²) < 4.78 is 1.73. The number of hydrogen-bond donors (Lipinski definition) is 1. The third kappa shape index (κ3) is 2.16. The Balaban J connectivity index is 1.86. The molecule has 1 aliphatic rings. The lowest BCUT2D eigenvalue weighted by Crippen LogP contribution is -2.20. The van der Waals surface area contributed by atoms with Crippen LogP contribution >= 0.6 is 11.6 Å². The largest absolute Gasteiger partial charge is 0.323 e. The van der Waals surface area contributed by atoms with Gasteiger partial charge in [-0.25, -0.2) is 0 Å². The van der Waals surface area contributed by atoms with E-state index in [4.69, 9.17) is 11.6 Å². The lowest BCUT2D eigenvalue weighted by molar-refractivity contribution is 0.586. The fourth-order valence-electron chi connectivity index (χ4n) is 2.58. The van der Waals surface area contributed by atoms with E-state index in [0.29, 0.717) is 11.0 Å². The number of benzene rings is 2. The average molecular weight is 310 g/mol. The smallest absolute Gasteiger partial charge is 0.248 e. The minimum absolute atomic E-state index is 0.143. The highest BCUT2D eigenvalue weighted by molar-refractivity contribution is 6.31. The molecule has 0 radical (unpaired) electrons. The molecule has 5 nitrogen and oxygen atoms in total. The molecule has 108 valence electrons. The Hall–Kier alpha value is -2.66. The number of aromatic nitrogens is 4. The molecule has 0 unspecified atom stereocenters. The Labute approximate surface area is 132 Å². The molecule has 22 heavy (non-hydrogen) atoms. The number of hydrogen-bond acceptors (Lipinski definition) is 4. The van der Waals surface area contributed by atoms with Crippen molar-refractivity contribution in [2.75, 3.05) is 5.32 Å². The summed E-state index contributed by atoms with van der Waals surface area (Å²) in [6.07, 6.45) is 2.08. The maximum absolute atomic E-state index is 6.35. The zero-order valence-corrected chi connectivity index (χ0v) is 12.3. The summed E-state index contributed by atoms with van der Waals surface area (Å²) in [5, 5.41) is 15.8. The van der Waals surface area contributed by atoms with Crippen molar-refractivity contribution in [1.82, 2.24) is 20.2 Å². The summed E-state index contributed by atoms with van der Waals surface area (Å²) in [5.74, 6) is 0.603. The molecule has 0 spiro atoms. The molecule has 3 aromatic rings. The zero-order chi connectivity index (χ0) is 14.9. The molecule has 1 atom stereocenters. The molecule has 0 bridgehead atoms. The second kappa shape index (κ2) is 5.27. The summed E-state index contributed by atoms with van der Waals surface area (Å²) >= 11 is 6.35. The van der Waals surface area contributed by atoms with Gasteiger partial charge >= 0.3 is 0 Å². The third-order valence-corrected chi connectivity index (χ3v) is 3.98. The zero-order valence-electron chi connectivity index (χ0n) is 11.5. The van der Waals surface area contributed by atoms with Gasteiger partial charge in [-0.3, -0.25) is 0 Å². The number of tetrazole rings is 1. The molecule has 1 aromatic heterocycles. The summed E-state index contributed by atoms with van der Waals surface area (Å²) in [6, 6.07) is 17.7. The average Bonchev–Trinajstić information content (AvgIpc) is 3.04. The number of nitrogens with one attached hydrogen (secondary N) is 1. The van der Waals surface area contributed by atoms with Crippen molar-refractivity contribution in [1.29, 1.82) is 0 Å². The minimum atomic E-state index is -0.143. The standard InChI is InChI=1S/C16H12ClN5/c17-13-9-5-4-8-12(13)15-10-14(11-6-2-1-3-7-11)18-16-19-20-21-22(15)16/h1-10,15H,(H,18,19,21)/t15-/m0/s1. The fourth-order valence-corrected chi connectivity index (χ4v) is 2.82. The van der Waals surface area contributed by atoms with E-state index in [1.54, 1.807) is 4.68 Å². The van der Waals surface area contributed by atoms with Gasteiger partial charge in [-0.2, -0.15) is 4.68 Å². The van der Waals surface area contributed by atoms with Gasteiger partial charge in [0.05, 0.1) is 0 Å². The molecule has 0 fully saturated rings. The second-order valence-electron chi connectivity index (χ2n) is 4.98. The second-order valence-corrected chi connectivity index (χ2v) is 5.39. The number of fused-ring (bicyclic) bond motifs is 1. The van der Waals surface area contributed by atoms with Crippen LogP contribution in [0.1, 0.15) is 17.2 Å². The van der Waals surface area contributed by atoms with E-state index >= 15 is 0 Å². The highest BCUT2D eigenvalue weighted by Gasteiger charge is 2.25. The van der Waals surface area contributed by atoms with E-state index in [1.165, 1.54) is 0 Å². The SMILES string of the molecule is Clc1ccccc1[C@@H]1C=C(c2ccccc2)Nc2nnnn21. The number of halogens is 1. The van der Waals surface area contributed by atoms with Crippen LogP contribution in [0, 0.1) is 0 Å². The summed E-state index contributed by atoms with van der Waals surface area (Å²) in [6.45, 7) is 0. The van der Waals surface area contributed by atoms with Crippen molar-refractivity contribution in [3.63, 3.8) is 0 Å². The van der Waals surface area contributed by atoms with Crippen LogP contribution in [0.5, 0.6) is 0 Å². The van der Waals surface area contributed by atoms with Crippen molar-refractivity contribution in [3.8, 4) is 0 Å². The molecule has 0 aliphatic carbocycles. The predicted molar refractivity (Wildman–Crippen MR) is 85.4 cm³/mol. The monoisotopic (exact) mass is 309 g/mol. The van der Waals surface area contributed by atoms with Gasteiger partial charge in [0.2, 0.25) is 5.95 Å². The van der Waals surface area contributed by atoms with E-state index in [0.717, 1.165) is 16.8 Å². The summed E-state index contributed by atoms with van der Waals surface area (Å²) in [5.41, 5.74) is 3.01. The summed E-state index contributed by atoms with van der Waals surface area (Å²) in [7, 11) is 0. The van der Waals surface area contributed by atoms with Crippen LogP contribution in [0.25, 0.3) is 5.70 Å². The molecular weight excluding hydrogens is 298 g/mol. The van der Waals surface area contributed by atoms with Gasteiger partial charge in [0, 0.05) is 10.7 Å². The van der Waals surface area contributed by atoms with Crippen molar-refractivity contribution in [2.45, 2.75) is 6.04 Å². The number of allylic oxidation sites excluding steroid dienone is 1. The summed E-state index contributed by atoms with van der Waals surface area (Å²) in [4.78, 5) is 0. The van der Waals surface area contributed by atoms with Crippen molar-refractivity contribution < 1.29 is 0 Å². The first-order valence-electron chi connectivity index (χ1n) is 6.89. The van der Waals surface area contributed by atoms with E-state index in [-0.39, 0.29) is 6.04 Å². The third-order valence-electron chi connectivity index (χ3n) is 3.64. The lowest BCUT2D eigenvalue weighted by Gasteiger charge is -2.24. The number of nitrogens with zero attached hydrogens (tertiary/aromatic N) is 4. The normalized spacial score (nSPS) is 16.6. The van der Waals surface area contributed by atoms with Gasteiger partial charge in [-0.15, -0.1) is 0 Å². The fraction of sp³-hybridized carbons (Fsp3) is 0.0625. The molecule has 0 saturated carbocycles. The Morgan fingerprint density at radius 1 is 1.00 bits per heavy atom. The molecule has 0 amide bonds. The maximum Gasteiger partial charge on any atom is 0.248 e. The van der Waals surface area contributed by atoms with Crippen molar-refractivity contribution in [3.05, 3.63) is 76.8 Å². The van der Waals surface area contributed by atoms with E-state index in [9.17, 15) is 0 Å². The van der Waals surface area contributed by atoms with Gasteiger partial charge in [0.1, 0.15) is 6.04 Å². The van der Waals surface area contributed by atoms with E-state index in [2.05, 4.69) is 26.9 Å². The maximum atomic E-state index is 6.35. The van der Waals surface area contributed by atoms with Gasteiger partial charge in [-0.05, 0) is 33.7 Å². The van der Waals surface area contributed by atoms with Crippen LogP contribution in [0.4, 0.5) is 5.95 Å². The van der Waals surface area contributed by atoms with Gasteiger partial charge in [0.25, 0.3) is 0 Å². The van der Waals surface area contributed by atoms with Gasteiger partial charge in [0.15, 0.2) is 0 Å². The molecule has 2 heterocycles. The highest BCUT2D eigenvalue weighted by atomic mass is 35.5. The Bertz CT molecular complexity index is 841. The molecule has 4 rings (SSSR count). The molecule has 6 heteroatoms. The van der Waals surface area contributed by atoms with Crippen LogP contribution in [0.2, 0.25) is 5.02 Å². The van der Waals surface area contributed by atoms with E-state index in [1.807, 2.05) is 54.6 Å². The predicted octanol–water partition coefficient (Wildman–Crippen LogP) is 3.38. The Morgan fingerprint density at radius 3 is 2.59 bits per heavy atom. The Morgan fingerprint density at radius 2 is 1.77 bits per heavy atom. The first-order chi connectivity index (χ1) is 10.8. The molecule has 1 N–H and O–H groups in total. The molecule has 1 aliphatic heterocycles. The van der Waals surface area contributed by atoms with Gasteiger partial charge in [-0.1, -0.05) is 65.2 Å². The number of rotatable bonds is 2. The van der Waals surface area contributed by atoms with Crippen LogP contribution < -0.4 is 5.32 Å². The van der Waals surface area contributed by atoms with Crippen LogP contribution in [-0.2, 0) is 0 Å². The number of anilines is 1. The molecule has 0 saturated heterocycles. The lowest BCUT2D eigenvalue weighted by atomic mass is 10.0. The Kier molecular flexibility index (Phi) is 3.12. The van der Waals surface area contributed by atoms with Crippen LogP contribution in [-0.4, -0.2) is 20.2 Å².